The third-order valence-electron chi connectivity index (χ3n) is 4.35. The van der Waals surface area contributed by atoms with E-state index >= 15 is 0 Å². The van der Waals surface area contributed by atoms with Gasteiger partial charge in [0.25, 0.3) is 0 Å². The summed E-state index contributed by atoms with van der Waals surface area (Å²) < 4.78 is 5.28. The standard InChI is InChI=1S/C14H23N3O3/c18-12(15-5-6-17-7-9-20-10-8-17)14(3-4-14)13(19)16-11-1-2-11/h11H,1-10H2,(H,15,18)(H,16,19). The lowest BCUT2D eigenvalue weighted by atomic mass is 10.1. The Hall–Kier alpha value is -1.14. The largest absolute Gasteiger partial charge is 0.379 e. The van der Waals surface area contributed by atoms with Crippen molar-refractivity contribution >= 4 is 11.8 Å². The molecule has 6 heteroatoms. The number of amides is 2. The van der Waals surface area contributed by atoms with Crippen LogP contribution >= 0.6 is 0 Å². The fourth-order valence-corrected chi connectivity index (χ4v) is 2.55. The van der Waals surface area contributed by atoms with Gasteiger partial charge in [-0.05, 0) is 25.7 Å². The van der Waals surface area contributed by atoms with Crippen molar-refractivity contribution in [3.05, 3.63) is 0 Å². The van der Waals surface area contributed by atoms with Crippen LogP contribution in [-0.2, 0) is 14.3 Å². The molecule has 2 N–H and O–H groups in total. The first-order chi connectivity index (χ1) is 9.71. The highest BCUT2D eigenvalue weighted by molar-refractivity contribution is 6.08. The molecule has 112 valence electrons. The summed E-state index contributed by atoms with van der Waals surface area (Å²) in [6, 6.07) is 0.320. The number of nitrogens with one attached hydrogen (secondary N) is 2. The average Bonchev–Trinajstić information content (AvgIpc) is 3.34. The molecule has 6 nitrogen and oxygen atoms in total. The molecule has 0 radical (unpaired) electrons. The normalized spacial score (nSPS) is 25.0. The highest BCUT2D eigenvalue weighted by atomic mass is 16.5. The van der Waals surface area contributed by atoms with Gasteiger partial charge in [-0.15, -0.1) is 0 Å². The number of carbonyl (C=O) groups is 2. The van der Waals surface area contributed by atoms with E-state index in [1.165, 1.54) is 0 Å². The van der Waals surface area contributed by atoms with Crippen LogP contribution < -0.4 is 10.6 Å². The topological polar surface area (TPSA) is 70.7 Å². The number of hydrogen-bond donors (Lipinski definition) is 2. The third kappa shape index (κ3) is 3.12. The summed E-state index contributed by atoms with van der Waals surface area (Å²) in [5, 5.41) is 5.88. The zero-order valence-corrected chi connectivity index (χ0v) is 11.8. The Morgan fingerprint density at radius 3 is 2.45 bits per heavy atom. The van der Waals surface area contributed by atoms with E-state index < -0.39 is 5.41 Å². The van der Waals surface area contributed by atoms with Crippen molar-refractivity contribution in [2.75, 3.05) is 39.4 Å². The van der Waals surface area contributed by atoms with Crippen LogP contribution in [0, 0.1) is 5.41 Å². The van der Waals surface area contributed by atoms with Crippen molar-refractivity contribution in [3.63, 3.8) is 0 Å². The Morgan fingerprint density at radius 1 is 1.15 bits per heavy atom. The fourth-order valence-electron chi connectivity index (χ4n) is 2.55. The minimum Gasteiger partial charge on any atom is -0.379 e. The number of morpholine rings is 1. The predicted molar refractivity (Wildman–Crippen MR) is 73.1 cm³/mol. The maximum absolute atomic E-state index is 12.2. The summed E-state index contributed by atoms with van der Waals surface area (Å²) in [7, 11) is 0. The molecule has 2 saturated carbocycles. The lowest BCUT2D eigenvalue weighted by Crippen LogP contribution is -2.46. The zero-order valence-electron chi connectivity index (χ0n) is 11.8. The molecule has 0 aromatic rings. The van der Waals surface area contributed by atoms with Crippen molar-refractivity contribution in [1.29, 1.82) is 0 Å². The smallest absolute Gasteiger partial charge is 0.235 e. The van der Waals surface area contributed by atoms with Crippen molar-refractivity contribution in [1.82, 2.24) is 15.5 Å². The van der Waals surface area contributed by atoms with E-state index in [0.29, 0.717) is 25.4 Å². The molecule has 3 aliphatic rings. The molecule has 3 rings (SSSR count). The van der Waals surface area contributed by atoms with Crippen LogP contribution in [-0.4, -0.2) is 62.1 Å². The summed E-state index contributed by atoms with van der Waals surface area (Å²) >= 11 is 0. The van der Waals surface area contributed by atoms with Gasteiger partial charge in [-0.3, -0.25) is 14.5 Å². The minimum atomic E-state index is -0.756. The van der Waals surface area contributed by atoms with Crippen LogP contribution in [0.25, 0.3) is 0 Å². The summed E-state index contributed by atoms with van der Waals surface area (Å²) in [6.07, 6.45) is 3.49. The van der Waals surface area contributed by atoms with Crippen molar-refractivity contribution in [2.24, 2.45) is 5.41 Å². The molecule has 2 amide bonds. The summed E-state index contributed by atoms with van der Waals surface area (Å²) in [5.41, 5.74) is -0.756. The first kappa shape index (κ1) is 13.8. The van der Waals surface area contributed by atoms with Crippen molar-refractivity contribution < 1.29 is 14.3 Å². The quantitative estimate of drug-likeness (QED) is 0.644. The van der Waals surface area contributed by atoms with Crippen LogP contribution in [0.1, 0.15) is 25.7 Å². The summed E-state index contributed by atoms with van der Waals surface area (Å²) in [5.74, 6) is -0.159. The molecule has 0 spiro atoms. The van der Waals surface area contributed by atoms with E-state index in [2.05, 4.69) is 15.5 Å². The SMILES string of the molecule is O=C(NCCN1CCOCC1)C1(C(=O)NC2CC2)CC1. The van der Waals surface area contributed by atoms with E-state index in [1.54, 1.807) is 0 Å². The van der Waals surface area contributed by atoms with E-state index in [1.807, 2.05) is 0 Å². The van der Waals surface area contributed by atoms with Crippen LogP contribution in [0.5, 0.6) is 0 Å². The van der Waals surface area contributed by atoms with E-state index in [4.69, 9.17) is 4.74 Å². The minimum absolute atomic E-state index is 0.0659. The Morgan fingerprint density at radius 2 is 1.85 bits per heavy atom. The lowest BCUT2D eigenvalue weighted by Gasteiger charge is -2.26. The van der Waals surface area contributed by atoms with Gasteiger partial charge in [0, 0.05) is 32.2 Å². The summed E-state index contributed by atoms with van der Waals surface area (Å²) in [6.45, 7) is 4.81. The molecule has 1 saturated heterocycles. The first-order valence-corrected chi connectivity index (χ1v) is 7.60. The van der Waals surface area contributed by atoms with Crippen LogP contribution in [0.3, 0.4) is 0 Å². The molecule has 2 aliphatic carbocycles. The van der Waals surface area contributed by atoms with Crippen molar-refractivity contribution in [3.8, 4) is 0 Å². The van der Waals surface area contributed by atoms with Gasteiger partial charge < -0.3 is 15.4 Å². The second-order valence-electron chi connectivity index (χ2n) is 6.04. The molecule has 0 aromatic heterocycles. The number of ether oxygens (including phenoxy) is 1. The molecule has 0 bridgehead atoms. The Labute approximate surface area is 119 Å². The second-order valence-corrected chi connectivity index (χ2v) is 6.04. The highest BCUT2D eigenvalue weighted by Gasteiger charge is 2.57. The zero-order chi connectivity index (χ0) is 14.0. The molecule has 1 aliphatic heterocycles. The molecule has 0 unspecified atom stereocenters. The average molecular weight is 281 g/mol. The first-order valence-electron chi connectivity index (χ1n) is 7.60. The van der Waals surface area contributed by atoms with Gasteiger partial charge in [-0.2, -0.15) is 0 Å². The third-order valence-corrected chi connectivity index (χ3v) is 4.35. The molecular formula is C14H23N3O3. The number of rotatable bonds is 6. The van der Waals surface area contributed by atoms with E-state index in [9.17, 15) is 9.59 Å². The van der Waals surface area contributed by atoms with Gasteiger partial charge in [-0.1, -0.05) is 0 Å². The molecule has 20 heavy (non-hydrogen) atoms. The molecular weight excluding hydrogens is 258 g/mol. The summed E-state index contributed by atoms with van der Waals surface area (Å²) in [4.78, 5) is 26.6. The Bertz CT molecular complexity index is 385. The lowest BCUT2D eigenvalue weighted by molar-refractivity contribution is -0.137. The number of hydrogen-bond acceptors (Lipinski definition) is 4. The van der Waals surface area contributed by atoms with Crippen molar-refractivity contribution in [2.45, 2.75) is 31.7 Å². The van der Waals surface area contributed by atoms with Gasteiger partial charge in [-0.25, -0.2) is 0 Å². The van der Waals surface area contributed by atoms with Gasteiger partial charge in [0.15, 0.2) is 0 Å². The van der Waals surface area contributed by atoms with E-state index in [-0.39, 0.29) is 11.8 Å². The maximum atomic E-state index is 12.2. The van der Waals surface area contributed by atoms with Crippen LogP contribution in [0.2, 0.25) is 0 Å². The number of carbonyl (C=O) groups excluding carboxylic acids is 2. The van der Waals surface area contributed by atoms with Crippen LogP contribution in [0.4, 0.5) is 0 Å². The molecule has 1 heterocycles. The maximum Gasteiger partial charge on any atom is 0.235 e. The van der Waals surface area contributed by atoms with Gasteiger partial charge in [0.05, 0.1) is 13.2 Å². The monoisotopic (exact) mass is 281 g/mol. The number of nitrogens with zero attached hydrogens (tertiary/aromatic N) is 1. The van der Waals surface area contributed by atoms with E-state index in [0.717, 1.165) is 45.7 Å². The fraction of sp³-hybridized carbons (Fsp3) is 0.857. The molecule has 0 aromatic carbocycles. The molecule has 3 fully saturated rings. The van der Waals surface area contributed by atoms with Gasteiger partial charge in [0.2, 0.25) is 11.8 Å². The molecule has 0 atom stereocenters. The predicted octanol–water partition coefficient (Wildman–Crippen LogP) is -0.506. The highest BCUT2D eigenvalue weighted by Crippen LogP contribution is 2.46. The second kappa shape index (κ2) is 5.69. The van der Waals surface area contributed by atoms with Gasteiger partial charge >= 0.3 is 0 Å². The Kier molecular flexibility index (Phi) is 3.94. The van der Waals surface area contributed by atoms with Gasteiger partial charge in [0.1, 0.15) is 5.41 Å². The van der Waals surface area contributed by atoms with Crippen LogP contribution in [0.15, 0.2) is 0 Å². The Balaban J connectivity index is 1.40.